The molecule has 3 aromatic rings. The number of benzene rings is 1. The third-order valence-corrected chi connectivity index (χ3v) is 6.36. The molecule has 0 spiro atoms. The van der Waals surface area contributed by atoms with Gasteiger partial charge in [-0.15, -0.1) is 10.2 Å². The van der Waals surface area contributed by atoms with Gasteiger partial charge in [0.15, 0.2) is 0 Å². The van der Waals surface area contributed by atoms with Crippen LogP contribution >= 0.6 is 11.3 Å². The van der Waals surface area contributed by atoms with Crippen molar-refractivity contribution in [3.63, 3.8) is 0 Å². The summed E-state index contributed by atoms with van der Waals surface area (Å²) in [6.07, 6.45) is 1.60. The van der Waals surface area contributed by atoms with Crippen molar-refractivity contribution in [1.82, 2.24) is 14.8 Å². The Hall–Kier alpha value is -3.68. The molecule has 0 atom stereocenters. The molecule has 1 N–H and O–H groups in total. The number of nitrogens with zero attached hydrogens (tertiary/aromatic N) is 5. The van der Waals surface area contributed by atoms with E-state index in [9.17, 15) is 10.1 Å². The summed E-state index contributed by atoms with van der Waals surface area (Å²) >= 11 is 1.28. The Morgan fingerprint density at radius 2 is 2.00 bits per heavy atom. The van der Waals surface area contributed by atoms with E-state index in [0.717, 1.165) is 46.6 Å². The monoisotopic (exact) mass is 478 g/mol. The quantitative estimate of drug-likeness (QED) is 0.407. The molecular formula is C24H26N6O3S. The molecule has 0 radical (unpaired) electrons. The number of ether oxygens (including phenoxy) is 2. The molecule has 1 saturated heterocycles. The topological polar surface area (TPSA) is 105 Å². The van der Waals surface area contributed by atoms with Crippen LogP contribution in [0.1, 0.15) is 23.9 Å². The lowest BCUT2D eigenvalue weighted by Gasteiger charge is -2.25. The van der Waals surface area contributed by atoms with Crippen molar-refractivity contribution in [2.75, 3.05) is 43.1 Å². The number of morpholine rings is 1. The lowest BCUT2D eigenvalue weighted by atomic mass is 10.1. The maximum Gasteiger partial charge on any atom is 0.268 e. The smallest absolute Gasteiger partial charge is 0.268 e. The van der Waals surface area contributed by atoms with E-state index in [-0.39, 0.29) is 5.57 Å². The van der Waals surface area contributed by atoms with Crippen molar-refractivity contribution in [3.05, 3.63) is 52.9 Å². The van der Waals surface area contributed by atoms with Gasteiger partial charge in [0.25, 0.3) is 5.91 Å². The first-order valence-corrected chi connectivity index (χ1v) is 11.8. The van der Waals surface area contributed by atoms with Crippen LogP contribution in [0, 0.1) is 25.2 Å². The second kappa shape index (κ2) is 10.5. The van der Waals surface area contributed by atoms with Gasteiger partial charge in [0.05, 0.1) is 19.8 Å². The second-order valence-electron chi connectivity index (χ2n) is 7.70. The van der Waals surface area contributed by atoms with E-state index in [1.165, 1.54) is 11.3 Å². The number of rotatable bonds is 7. The summed E-state index contributed by atoms with van der Waals surface area (Å²) in [5, 5.41) is 21.6. The molecule has 1 amide bonds. The molecule has 0 bridgehead atoms. The highest BCUT2D eigenvalue weighted by molar-refractivity contribution is 7.19. The number of amides is 1. The van der Waals surface area contributed by atoms with Crippen LogP contribution in [-0.2, 0) is 9.53 Å². The summed E-state index contributed by atoms with van der Waals surface area (Å²) in [6.45, 7) is 9.24. The number of hydrogen-bond donors (Lipinski definition) is 1. The largest absolute Gasteiger partial charge is 0.494 e. The van der Waals surface area contributed by atoms with Crippen LogP contribution in [0.15, 0.2) is 35.9 Å². The first-order chi connectivity index (χ1) is 16.5. The first kappa shape index (κ1) is 23.5. The fraction of sp³-hybridized carbons (Fsp3) is 0.333. The maximum absolute atomic E-state index is 12.8. The van der Waals surface area contributed by atoms with Gasteiger partial charge in [-0.3, -0.25) is 10.1 Å². The zero-order valence-electron chi connectivity index (χ0n) is 19.4. The fourth-order valence-electron chi connectivity index (χ4n) is 3.81. The number of nitrogens with one attached hydrogen (secondary N) is 1. The van der Waals surface area contributed by atoms with Crippen LogP contribution in [0.5, 0.6) is 5.75 Å². The molecule has 176 valence electrons. The molecule has 1 aliphatic rings. The number of aromatic nitrogens is 3. The van der Waals surface area contributed by atoms with Crippen LogP contribution in [0.25, 0.3) is 11.8 Å². The van der Waals surface area contributed by atoms with Gasteiger partial charge in [-0.1, -0.05) is 11.3 Å². The molecule has 3 heterocycles. The van der Waals surface area contributed by atoms with Crippen LogP contribution in [0.2, 0.25) is 0 Å². The lowest BCUT2D eigenvalue weighted by molar-refractivity contribution is -0.112. The molecule has 2 aromatic heterocycles. The molecule has 34 heavy (non-hydrogen) atoms. The SMILES string of the molecule is CCOc1ccc(-n2c(C)cc(/C=C(/C#N)C(=O)Nc3nnc(N4CCOCC4)s3)c2C)cc1. The minimum absolute atomic E-state index is 0.00457. The number of hydrogen-bond acceptors (Lipinski definition) is 8. The van der Waals surface area contributed by atoms with Crippen molar-refractivity contribution >= 4 is 33.6 Å². The molecule has 0 saturated carbocycles. The zero-order valence-corrected chi connectivity index (χ0v) is 20.2. The van der Waals surface area contributed by atoms with E-state index in [4.69, 9.17) is 9.47 Å². The van der Waals surface area contributed by atoms with Gasteiger partial charge in [0.1, 0.15) is 17.4 Å². The van der Waals surface area contributed by atoms with Gasteiger partial charge >= 0.3 is 0 Å². The Morgan fingerprint density at radius 3 is 2.68 bits per heavy atom. The van der Waals surface area contributed by atoms with Gasteiger partial charge in [-0.25, -0.2) is 0 Å². The van der Waals surface area contributed by atoms with Crippen molar-refractivity contribution in [1.29, 1.82) is 5.26 Å². The summed E-state index contributed by atoms with van der Waals surface area (Å²) < 4.78 is 13.0. The van der Waals surface area contributed by atoms with E-state index >= 15 is 0 Å². The Labute approximate surface area is 202 Å². The zero-order chi connectivity index (χ0) is 24.1. The number of anilines is 2. The number of aryl methyl sites for hydroxylation is 1. The Balaban J connectivity index is 1.52. The summed E-state index contributed by atoms with van der Waals surface area (Å²) in [5.74, 6) is 0.295. The molecule has 10 heteroatoms. The Morgan fingerprint density at radius 1 is 1.26 bits per heavy atom. The predicted octanol–water partition coefficient (Wildman–Crippen LogP) is 3.73. The molecule has 0 unspecified atom stereocenters. The molecule has 9 nitrogen and oxygen atoms in total. The Kier molecular flexibility index (Phi) is 7.25. The van der Waals surface area contributed by atoms with Crippen molar-refractivity contribution in [2.45, 2.75) is 20.8 Å². The summed E-state index contributed by atoms with van der Waals surface area (Å²) in [4.78, 5) is 14.9. The highest BCUT2D eigenvalue weighted by Crippen LogP contribution is 2.27. The summed E-state index contributed by atoms with van der Waals surface area (Å²) in [6, 6.07) is 11.8. The lowest BCUT2D eigenvalue weighted by Crippen LogP contribution is -2.36. The van der Waals surface area contributed by atoms with Gasteiger partial charge in [0.2, 0.25) is 10.3 Å². The van der Waals surface area contributed by atoms with Gasteiger partial charge < -0.3 is 18.9 Å². The van der Waals surface area contributed by atoms with E-state index < -0.39 is 5.91 Å². The molecule has 1 aromatic carbocycles. The minimum atomic E-state index is -0.516. The number of nitriles is 1. The van der Waals surface area contributed by atoms with Crippen LogP contribution in [0.3, 0.4) is 0 Å². The van der Waals surface area contributed by atoms with Crippen LogP contribution in [-0.4, -0.2) is 53.6 Å². The third-order valence-electron chi connectivity index (χ3n) is 5.46. The number of carbonyl (C=O) groups is 1. The number of carbonyl (C=O) groups excluding carboxylic acids is 1. The van der Waals surface area contributed by atoms with E-state index in [1.54, 1.807) is 6.08 Å². The van der Waals surface area contributed by atoms with E-state index in [2.05, 4.69) is 25.0 Å². The van der Waals surface area contributed by atoms with E-state index in [1.807, 2.05) is 57.2 Å². The maximum atomic E-state index is 12.8. The summed E-state index contributed by atoms with van der Waals surface area (Å²) in [7, 11) is 0. The van der Waals surface area contributed by atoms with Crippen LogP contribution < -0.4 is 15.0 Å². The molecule has 1 fully saturated rings. The first-order valence-electron chi connectivity index (χ1n) is 11.0. The molecule has 0 aliphatic carbocycles. The van der Waals surface area contributed by atoms with Gasteiger partial charge in [0, 0.05) is 30.2 Å². The predicted molar refractivity (Wildman–Crippen MR) is 132 cm³/mol. The third kappa shape index (κ3) is 5.11. The normalized spacial score (nSPS) is 14.1. The van der Waals surface area contributed by atoms with Crippen molar-refractivity contribution in [3.8, 4) is 17.5 Å². The Bertz CT molecular complexity index is 1230. The van der Waals surface area contributed by atoms with E-state index in [0.29, 0.717) is 25.0 Å². The average molecular weight is 479 g/mol. The second-order valence-corrected chi connectivity index (χ2v) is 8.66. The van der Waals surface area contributed by atoms with Crippen LogP contribution in [0.4, 0.5) is 10.3 Å². The van der Waals surface area contributed by atoms with Gasteiger partial charge in [-0.05, 0) is 62.7 Å². The molecular weight excluding hydrogens is 452 g/mol. The highest BCUT2D eigenvalue weighted by atomic mass is 32.1. The molecule has 1 aliphatic heterocycles. The van der Waals surface area contributed by atoms with Crippen molar-refractivity contribution in [2.24, 2.45) is 0 Å². The average Bonchev–Trinajstić information content (AvgIpc) is 3.42. The minimum Gasteiger partial charge on any atom is -0.494 e. The molecule has 4 rings (SSSR count). The van der Waals surface area contributed by atoms with Crippen molar-refractivity contribution < 1.29 is 14.3 Å². The fourth-order valence-corrected chi connectivity index (χ4v) is 4.60. The highest BCUT2D eigenvalue weighted by Gasteiger charge is 2.19. The van der Waals surface area contributed by atoms with Gasteiger partial charge in [-0.2, -0.15) is 5.26 Å². The summed E-state index contributed by atoms with van der Waals surface area (Å²) in [5.41, 5.74) is 3.68. The standard InChI is InChI=1S/C24H26N6O3S/c1-4-33-21-7-5-20(6-8-21)30-16(2)13-18(17(30)3)14-19(15-25)22(31)26-23-27-28-24(34-23)29-9-11-32-12-10-29/h5-8,13-14H,4,9-12H2,1-3H3,(H,26,27,31)/b19-14-.